The number of hydrogen-bond donors (Lipinski definition) is 5. The van der Waals surface area contributed by atoms with Crippen LogP contribution in [0.5, 0.6) is 0 Å². The number of nitrogens with one attached hydrogen (secondary N) is 2. The topological polar surface area (TPSA) is 185 Å². The highest BCUT2D eigenvalue weighted by Crippen LogP contribution is 2.17. The van der Waals surface area contributed by atoms with Gasteiger partial charge in [0.25, 0.3) is 0 Å². The zero-order chi connectivity index (χ0) is 23.7. The van der Waals surface area contributed by atoms with Crippen molar-refractivity contribution in [2.75, 3.05) is 13.1 Å². The Bertz CT molecular complexity index is 846. The van der Waals surface area contributed by atoms with Gasteiger partial charge >= 0.3 is 5.97 Å². The Labute approximate surface area is 185 Å². The third-order valence-corrected chi connectivity index (χ3v) is 5.23. The summed E-state index contributed by atoms with van der Waals surface area (Å²) < 4.78 is 0. The van der Waals surface area contributed by atoms with E-state index in [1.807, 2.05) is 6.07 Å². The average Bonchev–Trinajstić information content (AvgIpc) is 3.26. The summed E-state index contributed by atoms with van der Waals surface area (Å²) in [5.41, 5.74) is 11.6. The number of nitrogens with zero attached hydrogens (tertiary/aromatic N) is 1. The fraction of sp³-hybridized carbons (Fsp3) is 0.476. The first-order valence-corrected chi connectivity index (χ1v) is 10.4. The number of amides is 4. The van der Waals surface area contributed by atoms with Gasteiger partial charge in [-0.1, -0.05) is 30.3 Å². The summed E-state index contributed by atoms with van der Waals surface area (Å²) in [5.74, 6) is -3.41. The standard InChI is InChI=1S/C21H29N5O6/c22-14(8-9-17(23)27)19(29)25-15(11-13-5-2-1-3-6-13)20(30)24-12-18(28)26-10-4-7-16(26)21(31)32/h1-3,5-6,14-16H,4,7-12,22H2,(H2,23,27)(H,24,30)(H,25,29)(H,31,32). The minimum absolute atomic E-state index is 0.0326. The summed E-state index contributed by atoms with van der Waals surface area (Å²) in [6.45, 7) is -0.0813. The van der Waals surface area contributed by atoms with E-state index in [9.17, 15) is 29.1 Å². The van der Waals surface area contributed by atoms with Crippen LogP contribution in [0.1, 0.15) is 31.2 Å². The quantitative estimate of drug-likeness (QED) is 0.273. The van der Waals surface area contributed by atoms with Crippen LogP contribution in [0, 0.1) is 0 Å². The van der Waals surface area contributed by atoms with Crippen LogP contribution in [0.15, 0.2) is 30.3 Å². The SMILES string of the molecule is NC(=O)CCC(N)C(=O)NC(Cc1ccccc1)C(=O)NCC(=O)N1CCCC1C(=O)O. The molecular formula is C21H29N5O6. The molecule has 32 heavy (non-hydrogen) atoms. The van der Waals surface area contributed by atoms with Crippen molar-refractivity contribution in [2.24, 2.45) is 11.5 Å². The molecule has 1 heterocycles. The Kier molecular flexibility index (Phi) is 9.14. The van der Waals surface area contributed by atoms with Gasteiger partial charge in [-0.15, -0.1) is 0 Å². The summed E-state index contributed by atoms with van der Waals surface area (Å²) >= 11 is 0. The highest BCUT2D eigenvalue weighted by Gasteiger charge is 2.34. The summed E-state index contributed by atoms with van der Waals surface area (Å²) in [6.07, 6.45) is 1.05. The van der Waals surface area contributed by atoms with E-state index in [4.69, 9.17) is 11.5 Å². The van der Waals surface area contributed by atoms with E-state index < -0.39 is 54.3 Å². The van der Waals surface area contributed by atoms with Crippen LogP contribution in [0.3, 0.4) is 0 Å². The summed E-state index contributed by atoms with van der Waals surface area (Å²) in [7, 11) is 0. The van der Waals surface area contributed by atoms with Gasteiger partial charge < -0.3 is 32.1 Å². The van der Waals surface area contributed by atoms with Crippen molar-refractivity contribution in [1.29, 1.82) is 0 Å². The maximum atomic E-state index is 12.8. The monoisotopic (exact) mass is 447 g/mol. The van der Waals surface area contributed by atoms with Crippen LogP contribution in [-0.4, -0.2) is 70.8 Å². The van der Waals surface area contributed by atoms with Gasteiger partial charge in [-0.2, -0.15) is 0 Å². The number of nitrogens with two attached hydrogens (primary N) is 2. The molecule has 0 radical (unpaired) electrons. The first kappa shape index (κ1) is 24.8. The Hall–Kier alpha value is -3.47. The molecule has 0 spiro atoms. The number of carboxylic acid groups (broad SMARTS) is 1. The smallest absolute Gasteiger partial charge is 0.326 e. The van der Waals surface area contributed by atoms with E-state index >= 15 is 0 Å². The van der Waals surface area contributed by atoms with Crippen molar-refractivity contribution in [2.45, 2.75) is 50.2 Å². The van der Waals surface area contributed by atoms with E-state index in [1.165, 1.54) is 4.90 Å². The van der Waals surface area contributed by atoms with Crippen molar-refractivity contribution >= 4 is 29.6 Å². The van der Waals surface area contributed by atoms with E-state index in [1.54, 1.807) is 24.3 Å². The zero-order valence-corrected chi connectivity index (χ0v) is 17.7. The molecule has 174 valence electrons. The summed E-state index contributed by atoms with van der Waals surface area (Å²) in [4.78, 5) is 61.0. The second-order valence-electron chi connectivity index (χ2n) is 7.66. The van der Waals surface area contributed by atoms with Crippen molar-refractivity contribution in [3.8, 4) is 0 Å². The van der Waals surface area contributed by atoms with Crippen LogP contribution in [-0.2, 0) is 30.4 Å². The fourth-order valence-electron chi connectivity index (χ4n) is 3.48. The predicted molar refractivity (Wildman–Crippen MR) is 114 cm³/mol. The third-order valence-electron chi connectivity index (χ3n) is 5.23. The molecule has 1 aromatic carbocycles. The molecule has 0 aliphatic carbocycles. The first-order chi connectivity index (χ1) is 15.2. The average molecular weight is 447 g/mol. The maximum Gasteiger partial charge on any atom is 0.326 e. The maximum absolute atomic E-state index is 12.8. The number of carboxylic acids is 1. The van der Waals surface area contributed by atoms with E-state index in [-0.39, 0.29) is 19.3 Å². The first-order valence-electron chi connectivity index (χ1n) is 10.4. The molecule has 1 aliphatic rings. The van der Waals surface area contributed by atoms with Gasteiger partial charge in [0, 0.05) is 19.4 Å². The molecule has 2 rings (SSSR count). The summed E-state index contributed by atoms with van der Waals surface area (Å²) in [5, 5.41) is 14.3. The number of carbonyl (C=O) groups is 5. The molecule has 11 heteroatoms. The summed E-state index contributed by atoms with van der Waals surface area (Å²) in [6, 6.07) is 5.99. The molecule has 1 fully saturated rings. The molecule has 1 aromatic rings. The van der Waals surface area contributed by atoms with E-state index in [0.717, 1.165) is 5.56 Å². The van der Waals surface area contributed by atoms with Crippen molar-refractivity contribution < 1.29 is 29.1 Å². The van der Waals surface area contributed by atoms with Crippen LogP contribution < -0.4 is 22.1 Å². The Morgan fingerprint density at radius 1 is 1.12 bits per heavy atom. The molecule has 3 unspecified atom stereocenters. The normalized spacial score (nSPS) is 17.3. The number of primary amides is 1. The third kappa shape index (κ3) is 7.34. The molecule has 7 N–H and O–H groups in total. The molecule has 4 amide bonds. The number of carbonyl (C=O) groups excluding carboxylic acids is 4. The highest BCUT2D eigenvalue weighted by atomic mass is 16.4. The predicted octanol–water partition coefficient (Wildman–Crippen LogP) is -1.50. The number of hydrogen-bond acceptors (Lipinski definition) is 6. The number of rotatable bonds is 11. The molecule has 11 nitrogen and oxygen atoms in total. The largest absolute Gasteiger partial charge is 0.480 e. The lowest BCUT2D eigenvalue weighted by molar-refractivity contribution is -0.148. The van der Waals surface area contributed by atoms with Crippen molar-refractivity contribution in [3.63, 3.8) is 0 Å². The van der Waals surface area contributed by atoms with Gasteiger partial charge in [0.05, 0.1) is 12.6 Å². The van der Waals surface area contributed by atoms with Crippen molar-refractivity contribution in [3.05, 3.63) is 35.9 Å². The van der Waals surface area contributed by atoms with Gasteiger partial charge in [0.1, 0.15) is 12.1 Å². The van der Waals surface area contributed by atoms with E-state index in [2.05, 4.69) is 10.6 Å². The highest BCUT2D eigenvalue weighted by molar-refractivity contribution is 5.93. The Balaban J connectivity index is 2.01. The van der Waals surface area contributed by atoms with Gasteiger partial charge in [-0.3, -0.25) is 19.2 Å². The molecular weight excluding hydrogens is 418 g/mol. The van der Waals surface area contributed by atoms with Gasteiger partial charge in [0.15, 0.2) is 0 Å². The minimum Gasteiger partial charge on any atom is -0.480 e. The fourth-order valence-corrected chi connectivity index (χ4v) is 3.48. The molecule has 0 bridgehead atoms. The molecule has 1 saturated heterocycles. The van der Waals surface area contributed by atoms with Crippen LogP contribution in [0.25, 0.3) is 0 Å². The van der Waals surface area contributed by atoms with Crippen molar-refractivity contribution in [1.82, 2.24) is 15.5 Å². The number of benzene rings is 1. The van der Waals surface area contributed by atoms with E-state index in [0.29, 0.717) is 19.4 Å². The lowest BCUT2D eigenvalue weighted by Gasteiger charge is -2.23. The number of likely N-dealkylation sites (tertiary alicyclic amines) is 1. The lowest BCUT2D eigenvalue weighted by Crippen LogP contribution is -2.54. The van der Waals surface area contributed by atoms with Gasteiger partial charge in [0.2, 0.25) is 23.6 Å². The van der Waals surface area contributed by atoms with Crippen LogP contribution in [0.4, 0.5) is 0 Å². The van der Waals surface area contributed by atoms with Crippen LogP contribution >= 0.6 is 0 Å². The zero-order valence-electron chi connectivity index (χ0n) is 17.7. The minimum atomic E-state index is -1.08. The Morgan fingerprint density at radius 2 is 1.81 bits per heavy atom. The molecule has 0 saturated carbocycles. The number of aliphatic carboxylic acids is 1. The Morgan fingerprint density at radius 3 is 2.44 bits per heavy atom. The van der Waals surface area contributed by atoms with Gasteiger partial charge in [-0.25, -0.2) is 4.79 Å². The van der Waals surface area contributed by atoms with Gasteiger partial charge in [-0.05, 0) is 24.8 Å². The molecule has 3 atom stereocenters. The molecule has 1 aliphatic heterocycles. The second kappa shape index (κ2) is 11.8. The molecule has 0 aromatic heterocycles. The van der Waals surface area contributed by atoms with Crippen LogP contribution in [0.2, 0.25) is 0 Å². The lowest BCUT2D eigenvalue weighted by atomic mass is 10.0. The second-order valence-corrected chi connectivity index (χ2v) is 7.66.